The van der Waals surface area contributed by atoms with Crippen LogP contribution in [-0.4, -0.2) is 31.0 Å². The van der Waals surface area contributed by atoms with Crippen molar-refractivity contribution in [1.82, 2.24) is 5.43 Å². The molecule has 178 valence electrons. The molecule has 2 rings (SSSR count). The lowest BCUT2D eigenvalue weighted by molar-refractivity contribution is -0.361. The molecule has 0 saturated carbocycles. The van der Waals surface area contributed by atoms with Crippen LogP contribution in [0.1, 0.15) is 23.6 Å². The summed E-state index contributed by atoms with van der Waals surface area (Å²) in [7, 11) is 0. The van der Waals surface area contributed by atoms with E-state index >= 15 is 0 Å². The molecule has 0 spiro atoms. The van der Waals surface area contributed by atoms with Crippen LogP contribution in [-0.2, 0) is 6.61 Å². The Hall–Kier alpha value is -2.76. The quantitative estimate of drug-likeness (QED) is 0.131. The van der Waals surface area contributed by atoms with Gasteiger partial charge in [-0.2, -0.15) is 41.1 Å². The lowest BCUT2D eigenvalue weighted by atomic mass is 10.1. The van der Waals surface area contributed by atoms with E-state index in [1.165, 1.54) is 12.1 Å². The second-order valence-electron chi connectivity index (χ2n) is 6.34. The summed E-state index contributed by atoms with van der Waals surface area (Å²) in [5.74, 6) is -5.93. The fourth-order valence-corrected chi connectivity index (χ4v) is 3.19. The van der Waals surface area contributed by atoms with Crippen molar-refractivity contribution >= 4 is 28.8 Å². The summed E-state index contributed by atoms with van der Waals surface area (Å²) < 4.78 is 101. The van der Waals surface area contributed by atoms with Gasteiger partial charge < -0.3 is 9.47 Å². The summed E-state index contributed by atoms with van der Waals surface area (Å²) in [5.41, 5.74) is 1.62. The molecule has 0 aliphatic rings. The molecule has 5 nitrogen and oxygen atoms in total. The molecule has 0 atom stereocenters. The van der Waals surface area contributed by atoms with E-state index in [0.717, 1.165) is 0 Å². The first kappa shape index (κ1) is 26.5. The maximum absolute atomic E-state index is 13.3. The number of halogens is 8. The number of nitrogens with zero attached hydrogens (tertiary/aromatic N) is 2. The number of benzene rings is 2. The number of nitriles is 1. The number of hydrazone groups is 1. The van der Waals surface area contributed by atoms with Crippen molar-refractivity contribution in [2.75, 3.05) is 6.61 Å². The van der Waals surface area contributed by atoms with Crippen LogP contribution in [0, 0.1) is 14.9 Å². The first-order chi connectivity index (χ1) is 15.3. The van der Waals surface area contributed by atoms with Crippen LogP contribution in [0.4, 0.5) is 30.7 Å². The molecule has 0 bridgehead atoms. The monoisotopic (exact) mass is 589 g/mol. The fourth-order valence-electron chi connectivity index (χ4n) is 2.41. The van der Waals surface area contributed by atoms with Gasteiger partial charge in [0.05, 0.1) is 28.0 Å². The minimum absolute atomic E-state index is 0.00749. The largest absolute Gasteiger partial charge is 0.490 e. The number of rotatable bonds is 9. The normalized spacial score (nSPS) is 12.5. The van der Waals surface area contributed by atoms with Crippen molar-refractivity contribution in [3.05, 3.63) is 56.7 Å². The Morgan fingerprint density at radius 1 is 1.09 bits per heavy atom. The summed E-state index contributed by atoms with van der Waals surface area (Å²) in [6.07, 6.45) is -5.83. The highest BCUT2D eigenvalue weighted by Crippen LogP contribution is 2.45. The zero-order chi connectivity index (χ0) is 24.9. The third-order valence-corrected chi connectivity index (χ3v) is 4.81. The highest BCUT2D eigenvalue weighted by Gasteiger charge is 2.73. The Morgan fingerprint density at radius 2 is 1.76 bits per heavy atom. The summed E-state index contributed by atoms with van der Waals surface area (Å²) in [5, 5.41) is 12.0. The summed E-state index contributed by atoms with van der Waals surface area (Å²) in [4.78, 5) is 0. The van der Waals surface area contributed by atoms with Crippen molar-refractivity contribution in [3.63, 3.8) is 0 Å². The summed E-state index contributed by atoms with van der Waals surface area (Å²) in [6, 6.07) is 5.71. The van der Waals surface area contributed by atoms with Gasteiger partial charge in [0.15, 0.2) is 11.5 Å². The highest BCUT2D eigenvalue weighted by molar-refractivity contribution is 14.1. The van der Waals surface area contributed by atoms with Crippen LogP contribution in [0.15, 0.2) is 41.5 Å². The predicted octanol–water partition coefficient (Wildman–Crippen LogP) is 5.85. The Bertz CT molecular complexity index is 1050. The van der Waals surface area contributed by atoms with Crippen molar-refractivity contribution in [2.24, 2.45) is 5.10 Å². The molecular formula is C20H15F7IN3O2. The third kappa shape index (κ3) is 6.18. The van der Waals surface area contributed by atoms with Gasteiger partial charge in [-0.25, -0.2) is 5.43 Å². The summed E-state index contributed by atoms with van der Waals surface area (Å²) >= 11 is 1.83. The fraction of sp³-hybridized carbons (Fsp3) is 0.300. The number of ether oxygens (including phenoxy) is 2. The second kappa shape index (κ2) is 10.4. The van der Waals surface area contributed by atoms with Gasteiger partial charge in [0.25, 0.3) is 0 Å². The van der Waals surface area contributed by atoms with E-state index in [0.29, 0.717) is 26.3 Å². The molecule has 0 aliphatic heterocycles. The maximum atomic E-state index is 13.3. The van der Waals surface area contributed by atoms with Gasteiger partial charge in [0.2, 0.25) is 0 Å². The molecule has 0 fully saturated rings. The van der Waals surface area contributed by atoms with Crippen LogP contribution in [0.25, 0.3) is 0 Å². The van der Waals surface area contributed by atoms with E-state index in [9.17, 15) is 30.7 Å². The number of alkyl halides is 7. The zero-order valence-corrected chi connectivity index (χ0v) is 18.8. The van der Waals surface area contributed by atoms with Gasteiger partial charge in [-0.3, -0.25) is 0 Å². The average molecular weight is 589 g/mol. The lowest BCUT2D eigenvalue weighted by Crippen LogP contribution is -2.58. The summed E-state index contributed by atoms with van der Waals surface area (Å²) in [6.45, 7) is 1.84. The predicted molar refractivity (Wildman–Crippen MR) is 112 cm³/mol. The Labute approximate surface area is 197 Å². The molecule has 2 aromatic carbocycles. The van der Waals surface area contributed by atoms with Crippen molar-refractivity contribution in [2.45, 2.75) is 31.7 Å². The van der Waals surface area contributed by atoms with Gasteiger partial charge in [0.1, 0.15) is 6.61 Å². The molecule has 0 amide bonds. The molecule has 0 heterocycles. The molecular weight excluding hydrogens is 574 g/mol. The molecule has 2 aromatic rings. The maximum Gasteiger partial charge on any atom is 0.462 e. The van der Waals surface area contributed by atoms with Crippen LogP contribution in [0.3, 0.4) is 0 Å². The molecule has 0 aliphatic carbocycles. The van der Waals surface area contributed by atoms with Crippen LogP contribution in [0.5, 0.6) is 11.5 Å². The van der Waals surface area contributed by atoms with Crippen molar-refractivity contribution < 1.29 is 40.2 Å². The zero-order valence-electron chi connectivity index (χ0n) is 16.7. The standard InChI is InChI=1S/C20H15F7IN3O2/c1-2-32-16-8-12(10-30-31-20(26,27)18(21,22)19(23,24)25)7-15(28)17(16)33-11-14-6-4-3-5-13(14)9-29/h3-8,10,31H,2,11H2,1H3/b30-10+. The Morgan fingerprint density at radius 3 is 2.36 bits per heavy atom. The molecule has 33 heavy (non-hydrogen) atoms. The van der Waals surface area contributed by atoms with E-state index in [4.69, 9.17) is 14.7 Å². The van der Waals surface area contributed by atoms with Gasteiger partial charge in [-0.1, -0.05) is 18.2 Å². The number of hydrogen-bond acceptors (Lipinski definition) is 5. The number of hydrogen-bond donors (Lipinski definition) is 1. The molecule has 0 radical (unpaired) electrons. The van der Waals surface area contributed by atoms with E-state index in [1.807, 2.05) is 28.7 Å². The molecule has 13 heteroatoms. The molecule has 0 unspecified atom stereocenters. The van der Waals surface area contributed by atoms with Crippen LogP contribution in [0.2, 0.25) is 0 Å². The van der Waals surface area contributed by atoms with Gasteiger partial charge in [-0.05, 0) is 53.3 Å². The highest BCUT2D eigenvalue weighted by atomic mass is 127. The van der Waals surface area contributed by atoms with Gasteiger partial charge >= 0.3 is 18.1 Å². The first-order valence-electron chi connectivity index (χ1n) is 9.03. The van der Waals surface area contributed by atoms with Crippen LogP contribution < -0.4 is 14.9 Å². The van der Waals surface area contributed by atoms with E-state index in [1.54, 1.807) is 31.2 Å². The lowest BCUT2D eigenvalue weighted by Gasteiger charge is -2.27. The first-order valence-corrected chi connectivity index (χ1v) is 10.1. The Kier molecular flexibility index (Phi) is 8.39. The molecule has 0 aromatic heterocycles. The van der Waals surface area contributed by atoms with E-state index < -0.39 is 18.1 Å². The van der Waals surface area contributed by atoms with E-state index in [-0.39, 0.29) is 30.3 Å². The Balaban J connectivity index is 2.24. The van der Waals surface area contributed by atoms with E-state index in [2.05, 4.69) is 5.10 Å². The molecule has 0 saturated heterocycles. The minimum Gasteiger partial charge on any atom is -0.490 e. The number of nitrogens with one attached hydrogen (secondary N) is 1. The average Bonchev–Trinajstić information content (AvgIpc) is 2.72. The van der Waals surface area contributed by atoms with Gasteiger partial charge in [0, 0.05) is 5.56 Å². The SMILES string of the molecule is CCOc1cc(/C=N/NC(F)(F)C(F)(F)C(F)(F)F)cc(I)c1OCc1ccccc1C#N. The topological polar surface area (TPSA) is 66.6 Å². The van der Waals surface area contributed by atoms with Gasteiger partial charge in [-0.15, -0.1) is 0 Å². The second-order valence-corrected chi connectivity index (χ2v) is 7.50. The minimum atomic E-state index is -6.47. The van der Waals surface area contributed by atoms with Crippen molar-refractivity contribution in [1.29, 1.82) is 5.26 Å². The molecule has 1 N–H and O–H groups in total. The van der Waals surface area contributed by atoms with Crippen LogP contribution >= 0.6 is 22.6 Å². The third-order valence-electron chi connectivity index (χ3n) is 4.01. The smallest absolute Gasteiger partial charge is 0.462 e. The van der Waals surface area contributed by atoms with Crippen molar-refractivity contribution in [3.8, 4) is 17.6 Å².